The van der Waals surface area contributed by atoms with Crippen molar-refractivity contribution in [3.8, 4) is 5.75 Å². The van der Waals surface area contributed by atoms with Crippen molar-refractivity contribution in [3.63, 3.8) is 0 Å². The fraction of sp³-hybridized carbons (Fsp3) is 0.500. The highest BCUT2D eigenvalue weighted by molar-refractivity contribution is 9.09. The molecule has 1 N–H and O–H groups in total. The molecule has 1 atom stereocenters. The number of hydrogen-bond donors (Lipinski definition) is 1. The highest BCUT2D eigenvalue weighted by Crippen LogP contribution is 2.19. The standard InChI is InChI=1S/C12H18BrNO/c1-9-4-5-12(15-3)11(6-9)8-14-10(2)7-13/h4-6,10,14H,7-8H2,1-3H3. The quantitative estimate of drug-likeness (QED) is 0.832. The molecule has 0 aliphatic carbocycles. The van der Waals surface area contributed by atoms with Gasteiger partial charge in [0.2, 0.25) is 0 Å². The molecule has 0 spiro atoms. The van der Waals surface area contributed by atoms with Crippen LogP contribution >= 0.6 is 15.9 Å². The summed E-state index contributed by atoms with van der Waals surface area (Å²) >= 11 is 3.44. The van der Waals surface area contributed by atoms with Gasteiger partial charge in [-0.2, -0.15) is 0 Å². The zero-order valence-corrected chi connectivity index (χ0v) is 11.1. The van der Waals surface area contributed by atoms with Crippen LogP contribution in [0.15, 0.2) is 18.2 Å². The monoisotopic (exact) mass is 271 g/mol. The second kappa shape index (κ2) is 6.13. The van der Waals surface area contributed by atoms with Crippen molar-refractivity contribution in [1.29, 1.82) is 0 Å². The zero-order chi connectivity index (χ0) is 11.3. The van der Waals surface area contributed by atoms with Crippen LogP contribution in [0.1, 0.15) is 18.1 Å². The second-order valence-corrected chi connectivity index (χ2v) is 4.40. The van der Waals surface area contributed by atoms with Crippen LogP contribution in [0.4, 0.5) is 0 Å². The van der Waals surface area contributed by atoms with Gasteiger partial charge < -0.3 is 10.1 Å². The summed E-state index contributed by atoms with van der Waals surface area (Å²) in [5.74, 6) is 0.954. The Morgan fingerprint density at radius 3 is 2.80 bits per heavy atom. The Balaban J connectivity index is 2.69. The molecule has 0 aromatic heterocycles. The molecule has 1 aromatic carbocycles. The van der Waals surface area contributed by atoms with E-state index in [9.17, 15) is 0 Å². The van der Waals surface area contributed by atoms with Crippen LogP contribution in [0.3, 0.4) is 0 Å². The zero-order valence-electron chi connectivity index (χ0n) is 9.51. The molecule has 0 bridgehead atoms. The van der Waals surface area contributed by atoms with E-state index >= 15 is 0 Å². The van der Waals surface area contributed by atoms with Gasteiger partial charge in [0, 0.05) is 23.5 Å². The number of benzene rings is 1. The molecule has 1 rings (SSSR count). The summed E-state index contributed by atoms with van der Waals surface area (Å²) in [6.45, 7) is 5.09. The molecule has 0 radical (unpaired) electrons. The summed E-state index contributed by atoms with van der Waals surface area (Å²) in [6, 6.07) is 6.71. The Hall–Kier alpha value is -0.540. The van der Waals surface area contributed by atoms with Crippen LogP contribution in [0.25, 0.3) is 0 Å². The van der Waals surface area contributed by atoms with E-state index in [1.165, 1.54) is 11.1 Å². The third-order valence-electron chi connectivity index (χ3n) is 2.31. The van der Waals surface area contributed by atoms with Crippen LogP contribution in [-0.4, -0.2) is 18.5 Å². The number of ether oxygens (including phenoxy) is 1. The maximum atomic E-state index is 5.31. The third-order valence-corrected chi connectivity index (χ3v) is 3.28. The molecule has 3 heteroatoms. The molecule has 0 saturated carbocycles. The number of halogens is 1. The van der Waals surface area contributed by atoms with E-state index in [1.807, 2.05) is 6.07 Å². The van der Waals surface area contributed by atoms with Crippen molar-refractivity contribution in [2.24, 2.45) is 0 Å². The van der Waals surface area contributed by atoms with Gasteiger partial charge in [0.25, 0.3) is 0 Å². The Bertz CT molecular complexity index is 314. The van der Waals surface area contributed by atoms with Crippen molar-refractivity contribution in [1.82, 2.24) is 5.32 Å². The smallest absolute Gasteiger partial charge is 0.123 e. The Morgan fingerprint density at radius 2 is 2.20 bits per heavy atom. The maximum absolute atomic E-state index is 5.31. The first-order valence-electron chi connectivity index (χ1n) is 5.10. The number of rotatable bonds is 5. The molecule has 0 aliphatic rings. The fourth-order valence-corrected chi connectivity index (χ4v) is 1.61. The molecule has 1 unspecified atom stereocenters. The van der Waals surface area contributed by atoms with Crippen LogP contribution in [0, 0.1) is 6.92 Å². The SMILES string of the molecule is COc1ccc(C)cc1CNC(C)CBr. The molecule has 0 fully saturated rings. The highest BCUT2D eigenvalue weighted by atomic mass is 79.9. The van der Waals surface area contributed by atoms with Crippen molar-refractivity contribution >= 4 is 15.9 Å². The first kappa shape index (κ1) is 12.5. The van der Waals surface area contributed by atoms with Crippen LogP contribution in [0.2, 0.25) is 0 Å². The first-order valence-corrected chi connectivity index (χ1v) is 6.22. The van der Waals surface area contributed by atoms with Crippen LogP contribution in [0.5, 0.6) is 5.75 Å². The molecule has 0 saturated heterocycles. The predicted molar refractivity (Wildman–Crippen MR) is 67.8 cm³/mol. The molecule has 0 aliphatic heterocycles. The maximum Gasteiger partial charge on any atom is 0.123 e. The normalized spacial score (nSPS) is 12.5. The minimum absolute atomic E-state index is 0.468. The van der Waals surface area contributed by atoms with Crippen LogP contribution < -0.4 is 10.1 Å². The average Bonchev–Trinajstić information content (AvgIpc) is 2.26. The van der Waals surface area contributed by atoms with E-state index in [2.05, 4.69) is 47.2 Å². The van der Waals surface area contributed by atoms with Gasteiger partial charge >= 0.3 is 0 Å². The summed E-state index contributed by atoms with van der Waals surface area (Å²) in [5.41, 5.74) is 2.48. The number of aryl methyl sites for hydroxylation is 1. The Kier molecular flexibility index (Phi) is 5.12. The topological polar surface area (TPSA) is 21.3 Å². The highest BCUT2D eigenvalue weighted by Gasteiger charge is 2.04. The molecule has 0 amide bonds. The number of alkyl halides is 1. The van der Waals surface area contributed by atoms with Gasteiger partial charge in [-0.25, -0.2) is 0 Å². The first-order chi connectivity index (χ1) is 7.17. The average molecular weight is 272 g/mol. The van der Waals surface area contributed by atoms with Gasteiger partial charge in [-0.15, -0.1) is 0 Å². The van der Waals surface area contributed by atoms with Crippen molar-refractivity contribution in [3.05, 3.63) is 29.3 Å². The summed E-state index contributed by atoms with van der Waals surface area (Å²) in [6.07, 6.45) is 0. The van der Waals surface area contributed by atoms with E-state index in [-0.39, 0.29) is 0 Å². The van der Waals surface area contributed by atoms with E-state index in [0.717, 1.165) is 17.6 Å². The number of hydrogen-bond acceptors (Lipinski definition) is 2. The lowest BCUT2D eigenvalue weighted by Crippen LogP contribution is -2.26. The molecular formula is C12H18BrNO. The largest absolute Gasteiger partial charge is 0.496 e. The predicted octanol–water partition coefficient (Wildman–Crippen LogP) is 2.88. The van der Waals surface area contributed by atoms with Crippen molar-refractivity contribution < 1.29 is 4.74 Å². The van der Waals surface area contributed by atoms with Gasteiger partial charge in [-0.3, -0.25) is 0 Å². The Labute approximate surface area is 100 Å². The van der Waals surface area contributed by atoms with E-state index in [0.29, 0.717) is 6.04 Å². The van der Waals surface area contributed by atoms with E-state index in [1.54, 1.807) is 7.11 Å². The van der Waals surface area contributed by atoms with Gasteiger partial charge in [0.05, 0.1) is 7.11 Å². The number of methoxy groups -OCH3 is 1. The molecule has 84 valence electrons. The van der Waals surface area contributed by atoms with Gasteiger partial charge in [-0.1, -0.05) is 33.6 Å². The van der Waals surface area contributed by atoms with Crippen molar-refractivity contribution in [2.75, 3.05) is 12.4 Å². The summed E-state index contributed by atoms with van der Waals surface area (Å²) < 4.78 is 5.31. The third kappa shape index (κ3) is 3.84. The minimum Gasteiger partial charge on any atom is -0.496 e. The van der Waals surface area contributed by atoms with Gasteiger partial charge in [-0.05, 0) is 19.9 Å². The van der Waals surface area contributed by atoms with E-state index < -0.39 is 0 Å². The molecule has 0 heterocycles. The van der Waals surface area contributed by atoms with Crippen molar-refractivity contribution in [2.45, 2.75) is 26.4 Å². The summed E-state index contributed by atoms with van der Waals surface area (Å²) in [4.78, 5) is 0. The van der Waals surface area contributed by atoms with Crippen LogP contribution in [-0.2, 0) is 6.54 Å². The Morgan fingerprint density at radius 1 is 1.47 bits per heavy atom. The molecule has 15 heavy (non-hydrogen) atoms. The minimum atomic E-state index is 0.468. The lowest BCUT2D eigenvalue weighted by molar-refractivity contribution is 0.406. The van der Waals surface area contributed by atoms with E-state index in [4.69, 9.17) is 4.74 Å². The second-order valence-electron chi connectivity index (χ2n) is 3.75. The summed E-state index contributed by atoms with van der Waals surface area (Å²) in [7, 11) is 1.71. The summed E-state index contributed by atoms with van der Waals surface area (Å²) in [5, 5.41) is 4.38. The molecule has 1 aromatic rings. The fourth-order valence-electron chi connectivity index (χ4n) is 1.38. The lowest BCUT2D eigenvalue weighted by Gasteiger charge is -2.13. The lowest BCUT2D eigenvalue weighted by atomic mass is 10.1. The van der Waals surface area contributed by atoms with Gasteiger partial charge in [0.15, 0.2) is 0 Å². The van der Waals surface area contributed by atoms with Gasteiger partial charge in [0.1, 0.15) is 5.75 Å². The molecular weight excluding hydrogens is 254 g/mol. The number of nitrogens with one attached hydrogen (secondary N) is 1. The molecule has 2 nitrogen and oxygen atoms in total.